The lowest BCUT2D eigenvalue weighted by Gasteiger charge is -2.05. The van der Waals surface area contributed by atoms with E-state index in [9.17, 15) is 0 Å². The second kappa shape index (κ2) is 8.43. The number of benzene rings is 2. The van der Waals surface area contributed by atoms with Crippen LogP contribution in [0.15, 0.2) is 59.0 Å². The van der Waals surface area contributed by atoms with Gasteiger partial charge in [0.1, 0.15) is 17.3 Å². The minimum atomic E-state index is 0.569. The van der Waals surface area contributed by atoms with Crippen LogP contribution in [0.1, 0.15) is 11.3 Å². The molecule has 0 spiro atoms. The molecule has 0 unspecified atom stereocenters. The average Bonchev–Trinajstić information content (AvgIpc) is 3.09. The second-order valence-electron chi connectivity index (χ2n) is 5.67. The summed E-state index contributed by atoms with van der Waals surface area (Å²) >= 11 is 12.1. The predicted octanol–water partition coefficient (Wildman–Crippen LogP) is 5.59. The molecule has 25 heavy (non-hydrogen) atoms. The standard InChI is InChI=1S/C20H19Cl2NO2/c1-24-20-8-4-15(12-18(20)22)19-9-7-17(25-19)13-23-11-10-14-2-5-16(21)6-3-14/h2-9,12,23H,10-11,13H2,1H3. The molecule has 0 aliphatic carbocycles. The number of halogens is 2. The van der Waals surface area contributed by atoms with Gasteiger partial charge in [-0.15, -0.1) is 0 Å². The molecule has 0 bridgehead atoms. The lowest BCUT2D eigenvalue weighted by molar-refractivity contribution is 0.415. The van der Waals surface area contributed by atoms with Crippen LogP contribution < -0.4 is 10.1 Å². The Hall–Kier alpha value is -1.94. The minimum Gasteiger partial charge on any atom is -0.495 e. The Kier molecular flexibility index (Phi) is 6.03. The normalized spacial score (nSPS) is 10.8. The van der Waals surface area contributed by atoms with Gasteiger partial charge >= 0.3 is 0 Å². The van der Waals surface area contributed by atoms with Crippen molar-refractivity contribution in [2.24, 2.45) is 0 Å². The molecule has 0 saturated heterocycles. The molecule has 3 rings (SSSR count). The topological polar surface area (TPSA) is 34.4 Å². The van der Waals surface area contributed by atoms with Crippen LogP contribution in [0.4, 0.5) is 0 Å². The summed E-state index contributed by atoms with van der Waals surface area (Å²) in [6, 6.07) is 17.5. The van der Waals surface area contributed by atoms with Gasteiger partial charge in [0.05, 0.1) is 18.7 Å². The first kappa shape index (κ1) is 17.9. The van der Waals surface area contributed by atoms with E-state index in [4.69, 9.17) is 32.4 Å². The Labute approximate surface area is 157 Å². The third kappa shape index (κ3) is 4.79. The van der Waals surface area contributed by atoms with Gasteiger partial charge in [-0.25, -0.2) is 0 Å². The molecule has 3 aromatic rings. The van der Waals surface area contributed by atoms with Crippen LogP contribution in [-0.2, 0) is 13.0 Å². The summed E-state index contributed by atoms with van der Waals surface area (Å²) in [7, 11) is 1.60. The summed E-state index contributed by atoms with van der Waals surface area (Å²) in [6.45, 7) is 1.55. The van der Waals surface area contributed by atoms with E-state index in [-0.39, 0.29) is 0 Å². The number of hydrogen-bond acceptors (Lipinski definition) is 3. The van der Waals surface area contributed by atoms with E-state index in [1.54, 1.807) is 7.11 Å². The summed E-state index contributed by atoms with van der Waals surface area (Å²) in [5.41, 5.74) is 2.18. The van der Waals surface area contributed by atoms with Crippen LogP contribution in [0.5, 0.6) is 5.75 Å². The molecule has 2 aromatic carbocycles. The molecule has 1 aromatic heterocycles. The molecule has 0 fully saturated rings. The molecular formula is C20H19Cl2NO2. The summed E-state index contributed by atoms with van der Waals surface area (Å²) in [6.07, 6.45) is 0.943. The Morgan fingerprint density at radius 1 is 1.00 bits per heavy atom. The molecular weight excluding hydrogens is 357 g/mol. The quantitative estimate of drug-likeness (QED) is 0.546. The molecule has 130 valence electrons. The summed E-state index contributed by atoms with van der Waals surface area (Å²) in [4.78, 5) is 0. The first-order valence-electron chi connectivity index (χ1n) is 8.03. The van der Waals surface area contributed by atoms with Crippen molar-refractivity contribution in [3.8, 4) is 17.1 Å². The van der Waals surface area contributed by atoms with E-state index in [0.29, 0.717) is 17.3 Å². The maximum absolute atomic E-state index is 6.17. The van der Waals surface area contributed by atoms with Crippen molar-refractivity contribution >= 4 is 23.2 Å². The molecule has 0 aliphatic heterocycles. The van der Waals surface area contributed by atoms with Crippen LogP contribution in [0.3, 0.4) is 0 Å². The summed E-state index contributed by atoms with van der Waals surface area (Å²) in [5.74, 6) is 2.33. The van der Waals surface area contributed by atoms with Crippen molar-refractivity contribution in [3.63, 3.8) is 0 Å². The molecule has 0 atom stereocenters. The van der Waals surface area contributed by atoms with Gasteiger partial charge in [-0.1, -0.05) is 35.3 Å². The molecule has 0 aliphatic rings. The Bertz CT molecular complexity index is 828. The molecule has 0 saturated carbocycles. The van der Waals surface area contributed by atoms with E-state index in [0.717, 1.165) is 35.1 Å². The van der Waals surface area contributed by atoms with Gasteiger partial charge in [-0.2, -0.15) is 0 Å². The van der Waals surface area contributed by atoms with E-state index < -0.39 is 0 Å². The largest absolute Gasteiger partial charge is 0.495 e. The molecule has 3 nitrogen and oxygen atoms in total. The number of methoxy groups -OCH3 is 1. The van der Waals surface area contributed by atoms with Crippen LogP contribution >= 0.6 is 23.2 Å². The zero-order valence-corrected chi connectivity index (χ0v) is 15.4. The van der Waals surface area contributed by atoms with Crippen LogP contribution in [-0.4, -0.2) is 13.7 Å². The van der Waals surface area contributed by atoms with Gasteiger partial charge in [-0.3, -0.25) is 0 Å². The lowest BCUT2D eigenvalue weighted by atomic mass is 10.1. The van der Waals surface area contributed by atoms with Gasteiger partial charge < -0.3 is 14.5 Å². The van der Waals surface area contributed by atoms with Crippen LogP contribution in [0, 0.1) is 0 Å². The zero-order valence-electron chi connectivity index (χ0n) is 13.9. The van der Waals surface area contributed by atoms with Gasteiger partial charge in [0.15, 0.2) is 0 Å². The van der Waals surface area contributed by atoms with Gasteiger partial charge in [0.2, 0.25) is 0 Å². The average molecular weight is 376 g/mol. The summed E-state index contributed by atoms with van der Waals surface area (Å²) < 4.78 is 11.1. The third-order valence-electron chi connectivity index (χ3n) is 3.90. The predicted molar refractivity (Wildman–Crippen MR) is 103 cm³/mol. The first-order chi connectivity index (χ1) is 12.2. The zero-order chi connectivity index (χ0) is 17.6. The van der Waals surface area contributed by atoms with Gasteiger partial charge in [0.25, 0.3) is 0 Å². The second-order valence-corrected chi connectivity index (χ2v) is 6.51. The number of hydrogen-bond donors (Lipinski definition) is 1. The highest BCUT2D eigenvalue weighted by Gasteiger charge is 2.08. The van der Waals surface area contributed by atoms with Gasteiger partial charge in [-0.05, 0) is 61.0 Å². The van der Waals surface area contributed by atoms with Gasteiger partial charge in [0, 0.05) is 10.6 Å². The fourth-order valence-electron chi connectivity index (χ4n) is 2.54. The maximum Gasteiger partial charge on any atom is 0.137 e. The monoisotopic (exact) mass is 375 g/mol. The Morgan fingerprint density at radius 3 is 2.52 bits per heavy atom. The van der Waals surface area contributed by atoms with Crippen molar-refractivity contribution < 1.29 is 9.15 Å². The van der Waals surface area contributed by atoms with Crippen molar-refractivity contribution in [1.82, 2.24) is 5.32 Å². The molecule has 5 heteroatoms. The highest BCUT2D eigenvalue weighted by molar-refractivity contribution is 6.32. The third-order valence-corrected chi connectivity index (χ3v) is 4.45. The first-order valence-corrected chi connectivity index (χ1v) is 8.79. The van der Waals surface area contributed by atoms with Crippen molar-refractivity contribution in [1.29, 1.82) is 0 Å². The number of rotatable bonds is 7. The Morgan fingerprint density at radius 2 is 1.80 bits per heavy atom. The highest BCUT2D eigenvalue weighted by Crippen LogP contribution is 2.31. The summed E-state index contributed by atoms with van der Waals surface area (Å²) in [5, 5.41) is 4.72. The van der Waals surface area contributed by atoms with E-state index in [2.05, 4.69) is 5.32 Å². The smallest absolute Gasteiger partial charge is 0.137 e. The highest BCUT2D eigenvalue weighted by atomic mass is 35.5. The van der Waals surface area contributed by atoms with Crippen molar-refractivity contribution in [2.45, 2.75) is 13.0 Å². The van der Waals surface area contributed by atoms with Crippen molar-refractivity contribution in [3.05, 3.63) is 76.0 Å². The Balaban J connectivity index is 1.53. The number of ether oxygens (including phenoxy) is 1. The minimum absolute atomic E-state index is 0.569. The number of furan rings is 1. The van der Waals surface area contributed by atoms with E-state index in [1.807, 2.05) is 54.6 Å². The van der Waals surface area contributed by atoms with E-state index >= 15 is 0 Å². The molecule has 1 heterocycles. The lowest BCUT2D eigenvalue weighted by Crippen LogP contribution is -2.16. The van der Waals surface area contributed by atoms with Crippen molar-refractivity contribution in [2.75, 3.05) is 13.7 Å². The molecule has 0 amide bonds. The molecule has 0 radical (unpaired) electrons. The fourth-order valence-corrected chi connectivity index (χ4v) is 2.93. The van der Waals surface area contributed by atoms with E-state index in [1.165, 1.54) is 5.56 Å². The number of nitrogens with one attached hydrogen (secondary N) is 1. The van der Waals surface area contributed by atoms with Crippen LogP contribution in [0.25, 0.3) is 11.3 Å². The maximum atomic E-state index is 6.17. The SMILES string of the molecule is COc1ccc(-c2ccc(CNCCc3ccc(Cl)cc3)o2)cc1Cl. The molecule has 1 N–H and O–H groups in total. The fraction of sp³-hybridized carbons (Fsp3) is 0.200. The van der Waals surface area contributed by atoms with Crippen LogP contribution in [0.2, 0.25) is 10.0 Å².